The molecule has 0 radical (unpaired) electrons. The Hall–Kier alpha value is -2.25. The first kappa shape index (κ1) is 18.1. The van der Waals surface area contributed by atoms with Crippen molar-refractivity contribution in [2.24, 2.45) is 5.73 Å². The maximum Gasteiger partial charge on any atom is 0.404 e. The number of ether oxygens (including phenoxy) is 3. The molecule has 4 rings (SSSR count). The number of carbonyl (C=O) groups excluding carboxylic acids is 1. The summed E-state index contributed by atoms with van der Waals surface area (Å²) in [6.45, 7) is 2.85. The van der Waals surface area contributed by atoms with Gasteiger partial charge in [-0.05, 0) is 31.0 Å². The minimum Gasteiger partial charge on any atom is -0.493 e. The van der Waals surface area contributed by atoms with Crippen molar-refractivity contribution < 1.29 is 24.1 Å². The Kier molecular flexibility index (Phi) is 4.74. The monoisotopic (exact) mass is 374 g/mol. The second-order valence-corrected chi connectivity index (χ2v) is 7.49. The summed E-state index contributed by atoms with van der Waals surface area (Å²) in [5, 5.41) is 10.1. The van der Waals surface area contributed by atoms with Crippen molar-refractivity contribution >= 4 is 6.09 Å². The fourth-order valence-corrected chi connectivity index (χ4v) is 4.65. The van der Waals surface area contributed by atoms with Crippen molar-refractivity contribution in [1.29, 1.82) is 0 Å². The first-order valence-corrected chi connectivity index (χ1v) is 9.42. The van der Waals surface area contributed by atoms with Crippen LogP contribution in [0.1, 0.15) is 30.4 Å². The fourth-order valence-electron chi connectivity index (χ4n) is 4.65. The second kappa shape index (κ2) is 7.05. The van der Waals surface area contributed by atoms with Crippen LogP contribution in [0.5, 0.6) is 11.5 Å². The Labute approximate surface area is 158 Å². The van der Waals surface area contributed by atoms with Crippen molar-refractivity contribution in [3.05, 3.63) is 35.4 Å². The molecule has 146 valence electrons. The van der Waals surface area contributed by atoms with Gasteiger partial charge in [-0.3, -0.25) is 4.90 Å². The zero-order valence-electron chi connectivity index (χ0n) is 15.5. The summed E-state index contributed by atoms with van der Waals surface area (Å²) in [4.78, 5) is 13.1. The SMILES string of the molecule is COc1ccc2c3c1O[C@H]1C[C@@H](O)C=C[C@@]31CCN(CCCOC(N)=O)C2. The summed E-state index contributed by atoms with van der Waals surface area (Å²) in [6.07, 6.45) is 4.98. The minimum atomic E-state index is -0.729. The van der Waals surface area contributed by atoms with Crippen LogP contribution in [0.2, 0.25) is 0 Å². The minimum absolute atomic E-state index is 0.0827. The van der Waals surface area contributed by atoms with E-state index in [0.29, 0.717) is 13.0 Å². The molecule has 0 aromatic heterocycles. The normalized spacial score (nSPS) is 28.7. The van der Waals surface area contributed by atoms with Gasteiger partial charge in [0.1, 0.15) is 6.10 Å². The number of amides is 1. The highest BCUT2D eigenvalue weighted by molar-refractivity contribution is 5.64. The highest BCUT2D eigenvalue weighted by atomic mass is 16.5. The number of nitrogens with zero attached hydrogens (tertiary/aromatic N) is 1. The van der Waals surface area contributed by atoms with Gasteiger partial charge < -0.3 is 25.1 Å². The third-order valence-corrected chi connectivity index (χ3v) is 5.90. The van der Waals surface area contributed by atoms with E-state index in [1.54, 1.807) is 7.11 Å². The smallest absolute Gasteiger partial charge is 0.404 e. The van der Waals surface area contributed by atoms with Crippen molar-refractivity contribution in [2.45, 2.75) is 43.4 Å². The van der Waals surface area contributed by atoms with Gasteiger partial charge in [0.25, 0.3) is 0 Å². The van der Waals surface area contributed by atoms with Crippen LogP contribution in [-0.4, -0.2) is 55.1 Å². The van der Waals surface area contributed by atoms with Crippen LogP contribution in [0.15, 0.2) is 24.3 Å². The predicted octanol–water partition coefficient (Wildman–Crippen LogP) is 1.71. The zero-order chi connectivity index (χ0) is 19.0. The number of nitrogens with two attached hydrogens (primary N) is 1. The summed E-state index contributed by atoms with van der Waals surface area (Å²) in [5.74, 6) is 1.56. The topological polar surface area (TPSA) is 94.2 Å². The van der Waals surface area contributed by atoms with Crippen LogP contribution in [0.4, 0.5) is 4.79 Å². The van der Waals surface area contributed by atoms with E-state index in [1.165, 1.54) is 11.1 Å². The molecule has 0 fully saturated rings. The first-order chi connectivity index (χ1) is 13.0. The molecule has 1 amide bonds. The zero-order valence-corrected chi connectivity index (χ0v) is 15.5. The molecule has 3 aliphatic rings. The van der Waals surface area contributed by atoms with Crippen LogP contribution >= 0.6 is 0 Å². The number of aliphatic hydroxyl groups is 1. The maximum absolute atomic E-state index is 10.7. The Morgan fingerprint density at radius 2 is 2.33 bits per heavy atom. The number of hydrogen-bond donors (Lipinski definition) is 2. The van der Waals surface area contributed by atoms with Gasteiger partial charge in [-0.2, -0.15) is 0 Å². The van der Waals surface area contributed by atoms with E-state index in [-0.39, 0.29) is 11.5 Å². The van der Waals surface area contributed by atoms with E-state index in [4.69, 9.17) is 19.9 Å². The third kappa shape index (κ3) is 3.15. The van der Waals surface area contributed by atoms with Gasteiger partial charge in [-0.1, -0.05) is 18.2 Å². The molecule has 2 heterocycles. The molecule has 7 heteroatoms. The van der Waals surface area contributed by atoms with E-state index in [0.717, 1.165) is 44.0 Å². The standard InChI is InChI=1S/C20H26N2O5/c1-25-15-4-3-13-12-22(8-2-10-26-19(21)24)9-7-20-6-5-14(23)11-16(20)27-18(15)17(13)20/h3-6,14,16,23H,2,7-12H2,1H3,(H2,21,24)/t14-,16-,20-/m0/s1. The average molecular weight is 374 g/mol. The summed E-state index contributed by atoms with van der Waals surface area (Å²) >= 11 is 0. The van der Waals surface area contributed by atoms with Crippen LogP contribution in [0, 0.1) is 0 Å². The summed E-state index contributed by atoms with van der Waals surface area (Å²) in [5.41, 5.74) is 7.22. The van der Waals surface area contributed by atoms with Crippen molar-refractivity contribution in [1.82, 2.24) is 4.90 Å². The van der Waals surface area contributed by atoms with Crippen molar-refractivity contribution in [3.8, 4) is 11.5 Å². The molecule has 1 aromatic carbocycles. The number of benzene rings is 1. The van der Waals surface area contributed by atoms with E-state index in [1.807, 2.05) is 12.1 Å². The maximum atomic E-state index is 10.7. The lowest BCUT2D eigenvalue weighted by Gasteiger charge is -2.35. The summed E-state index contributed by atoms with van der Waals surface area (Å²) in [6, 6.07) is 4.07. The number of methoxy groups -OCH3 is 1. The lowest BCUT2D eigenvalue weighted by Crippen LogP contribution is -2.43. The number of hydrogen-bond acceptors (Lipinski definition) is 6. The first-order valence-electron chi connectivity index (χ1n) is 9.42. The van der Waals surface area contributed by atoms with Gasteiger partial charge in [-0.25, -0.2) is 4.79 Å². The van der Waals surface area contributed by atoms with Crippen LogP contribution in [0.3, 0.4) is 0 Å². The van der Waals surface area contributed by atoms with Crippen molar-refractivity contribution in [3.63, 3.8) is 0 Å². The molecule has 2 aliphatic heterocycles. The highest BCUT2D eigenvalue weighted by Crippen LogP contribution is 2.55. The van der Waals surface area contributed by atoms with Crippen LogP contribution in [-0.2, 0) is 16.7 Å². The molecular formula is C20H26N2O5. The quantitative estimate of drug-likeness (QED) is 0.602. The molecule has 0 bridgehead atoms. The van der Waals surface area contributed by atoms with Gasteiger partial charge in [-0.15, -0.1) is 0 Å². The molecule has 0 unspecified atom stereocenters. The Morgan fingerprint density at radius 3 is 3.11 bits per heavy atom. The molecular weight excluding hydrogens is 348 g/mol. The van der Waals surface area contributed by atoms with Gasteiger partial charge in [0.2, 0.25) is 0 Å². The van der Waals surface area contributed by atoms with E-state index in [9.17, 15) is 9.90 Å². The molecule has 3 atom stereocenters. The van der Waals surface area contributed by atoms with E-state index >= 15 is 0 Å². The molecule has 1 spiro atoms. The largest absolute Gasteiger partial charge is 0.493 e. The van der Waals surface area contributed by atoms with Crippen LogP contribution in [0.25, 0.3) is 0 Å². The number of aliphatic hydroxyl groups excluding tert-OH is 1. The predicted molar refractivity (Wildman–Crippen MR) is 98.9 cm³/mol. The molecule has 0 saturated carbocycles. The number of carbonyl (C=O) groups is 1. The van der Waals surface area contributed by atoms with Gasteiger partial charge in [0.05, 0.1) is 25.2 Å². The molecule has 0 saturated heterocycles. The van der Waals surface area contributed by atoms with E-state index in [2.05, 4.69) is 17.0 Å². The third-order valence-electron chi connectivity index (χ3n) is 5.90. The Morgan fingerprint density at radius 1 is 1.48 bits per heavy atom. The molecule has 3 N–H and O–H groups in total. The molecule has 1 aromatic rings. The lowest BCUT2D eigenvalue weighted by atomic mass is 9.69. The summed E-state index contributed by atoms with van der Waals surface area (Å²) < 4.78 is 16.7. The van der Waals surface area contributed by atoms with E-state index < -0.39 is 12.2 Å². The highest BCUT2D eigenvalue weighted by Gasteiger charge is 2.52. The molecule has 7 nitrogen and oxygen atoms in total. The van der Waals surface area contributed by atoms with Gasteiger partial charge in [0, 0.05) is 25.1 Å². The summed E-state index contributed by atoms with van der Waals surface area (Å²) in [7, 11) is 1.66. The number of rotatable bonds is 5. The van der Waals surface area contributed by atoms with Crippen molar-refractivity contribution in [2.75, 3.05) is 26.8 Å². The average Bonchev–Trinajstić information content (AvgIpc) is 2.88. The second-order valence-electron chi connectivity index (χ2n) is 7.49. The molecule has 27 heavy (non-hydrogen) atoms. The van der Waals surface area contributed by atoms with Gasteiger partial charge >= 0.3 is 6.09 Å². The van der Waals surface area contributed by atoms with Crippen LogP contribution < -0.4 is 15.2 Å². The lowest BCUT2D eigenvalue weighted by molar-refractivity contribution is 0.0803. The Bertz CT molecular complexity index is 765. The Balaban J connectivity index is 1.63. The number of primary amides is 1. The fraction of sp³-hybridized carbons (Fsp3) is 0.550. The van der Waals surface area contributed by atoms with Gasteiger partial charge in [0.15, 0.2) is 11.5 Å². The molecule has 1 aliphatic carbocycles.